The third-order valence-electron chi connectivity index (χ3n) is 7.13. The van der Waals surface area contributed by atoms with Gasteiger partial charge in [0, 0.05) is 19.4 Å². The monoisotopic (exact) mass is 547 g/mol. The normalized spacial score (nSPS) is 19.2. The van der Waals surface area contributed by atoms with Crippen molar-refractivity contribution in [2.24, 2.45) is 0 Å². The summed E-state index contributed by atoms with van der Waals surface area (Å²) >= 11 is 0. The first kappa shape index (κ1) is 26.8. The van der Waals surface area contributed by atoms with Gasteiger partial charge in [0.15, 0.2) is 0 Å². The average molecular weight is 548 g/mol. The van der Waals surface area contributed by atoms with Crippen molar-refractivity contribution in [2.45, 2.75) is 58.3 Å². The van der Waals surface area contributed by atoms with E-state index in [4.69, 9.17) is 9.47 Å². The molecule has 0 bridgehead atoms. The molecule has 1 amide bonds. The van der Waals surface area contributed by atoms with E-state index in [1.165, 1.54) is 4.31 Å². The zero-order valence-electron chi connectivity index (χ0n) is 22.7. The number of likely N-dealkylation sites (tertiary alicyclic amines) is 1. The molecule has 2 aliphatic rings. The van der Waals surface area contributed by atoms with Gasteiger partial charge in [-0.05, 0) is 86.0 Å². The molecule has 2 atom stereocenters. The largest absolute Gasteiger partial charge is 0.489 e. The molecule has 0 N–H and O–H groups in total. The van der Waals surface area contributed by atoms with Gasteiger partial charge in [0.2, 0.25) is 10.0 Å². The number of nitriles is 1. The number of carbonyl (C=O) groups is 1. The molecule has 204 valence electrons. The van der Waals surface area contributed by atoms with E-state index < -0.39 is 21.7 Å². The molecule has 2 heterocycles. The Labute approximate surface area is 229 Å². The summed E-state index contributed by atoms with van der Waals surface area (Å²) in [5, 5.41) is 11.2. The summed E-state index contributed by atoms with van der Waals surface area (Å²) in [7, 11) is -3.56. The van der Waals surface area contributed by atoms with Crippen LogP contribution < -0.4 is 9.04 Å². The molecule has 0 saturated carbocycles. The zero-order valence-corrected chi connectivity index (χ0v) is 23.5. The highest BCUT2D eigenvalue weighted by Crippen LogP contribution is 2.44. The van der Waals surface area contributed by atoms with Gasteiger partial charge in [-0.15, -0.1) is 0 Å². The Balaban J connectivity index is 1.39. The third-order valence-corrected chi connectivity index (χ3v) is 8.91. The van der Waals surface area contributed by atoms with E-state index in [1.807, 2.05) is 63.2 Å². The van der Waals surface area contributed by atoms with Crippen LogP contribution in [-0.4, -0.2) is 50.0 Å². The Morgan fingerprint density at radius 1 is 1.08 bits per heavy atom. The minimum Gasteiger partial charge on any atom is -0.489 e. The number of carbonyl (C=O) groups excluding carboxylic acids is 1. The van der Waals surface area contributed by atoms with Gasteiger partial charge >= 0.3 is 6.09 Å². The Kier molecular flexibility index (Phi) is 6.93. The predicted molar refractivity (Wildman–Crippen MR) is 150 cm³/mol. The van der Waals surface area contributed by atoms with E-state index in [0.717, 1.165) is 21.9 Å². The number of rotatable bonds is 5. The van der Waals surface area contributed by atoms with Crippen LogP contribution in [0.1, 0.15) is 56.8 Å². The first-order valence-electron chi connectivity index (χ1n) is 13.2. The third kappa shape index (κ3) is 5.52. The molecule has 0 aliphatic carbocycles. The summed E-state index contributed by atoms with van der Waals surface area (Å²) in [6.07, 6.45) is 0.683. The number of hydrogen-bond acceptors (Lipinski definition) is 6. The van der Waals surface area contributed by atoms with Crippen LogP contribution in [0.15, 0.2) is 54.6 Å². The van der Waals surface area contributed by atoms with Crippen molar-refractivity contribution >= 4 is 32.6 Å². The molecule has 5 rings (SSSR count). The molecule has 8 nitrogen and oxygen atoms in total. The van der Waals surface area contributed by atoms with E-state index in [0.29, 0.717) is 42.9 Å². The maximum atomic E-state index is 13.3. The molecule has 39 heavy (non-hydrogen) atoms. The lowest BCUT2D eigenvalue weighted by Gasteiger charge is -2.27. The van der Waals surface area contributed by atoms with Crippen molar-refractivity contribution in [3.8, 4) is 11.8 Å². The predicted octanol–water partition coefficient (Wildman–Crippen LogP) is 5.55. The molecule has 9 heteroatoms. The van der Waals surface area contributed by atoms with Crippen LogP contribution in [0.25, 0.3) is 10.8 Å². The molecule has 2 aliphatic heterocycles. The van der Waals surface area contributed by atoms with E-state index in [-0.39, 0.29) is 18.0 Å². The quantitative estimate of drug-likeness (QED) is 0.415. The first-order chi connectivity index (χ1) is 18.5. The fourth-order valence-electron chi connectivity index (χ4n) is 5.26. The molecular formula is C30H33N3O5S. The van der Waals surface area contributed by atoms with Gasteiger partial charge in [-0.1, -0.05) is 18.2 Å². The number of benzene rings is 3. The molecule has 0 radical (unpaired) electrons. The number of sulfonamides is 1. The molecule has 2 unspecified atom stereocenters. The lowest BCUT2D eigenvalue weighted by molar-refractivity contribution is 0.0275. The van der Waals surface area contributed by atoms with E-state index in [9.17, 15) is 18.5 Å². The summed E-state index contributed by atoms with van der Waals surface area (Å²) < 4.78 is 39.8. The second kappa shape index (κ2) is 10.1. The van der Waals surface area contributed by atoms with Crippen LogP contribution >= 0.6 is 0 Å². The summed E-state index contributed by atoms with van der Waals surface area (Å²) in [6.45, 7) is 8.18. The molecule has 3 aromatic carbocycles. The van der Waals surface area contributed by atoms with Crippen molar-refractivity contribution in [2.75, 3.05) is 23.1 Å². The Hall–Kier alpha value is -3.77. The Morgan fingerprint density at radius 2 is 1.85 bits per heavy atom. The van der Waals surface area contributed by atoms with Gasteiger partial charge in [-0.2, -0.15) is 5.26 Å². The summed E-state index contributed by atoms with van der Waals surface area (Å²) in [5.74, 6) is 0.632. The van der Waals surface area contributed by atoms with Crippen molar-refractivity contribution in [1.82, 2.24) is 4.90 Å². The van der Waals surface area contributed by atoms with Crippen LogP contribution in [0.2, 0.25) is 0 Å². The molecular weight excluding hydrogens is 514 g/mol. The minimum atomic E-state index is -3.56. The maximum absolute atomic E-state index is 13.3. The van der Waals surface area contributed by atoms with E-state index in [1.54, 1.807) is 24.0 Å². The molecule has 0 aromatic heterocycles. The topological polar surface area (TPSA) is 99.9 Å². The van der Waals surface area contributed by atoms with Crippen LogP contribution in [0.4, 0.5) is 10.5 Å². The average Bonchev–Trinajstić information content (AvgIpc) is 3.52. The molecule has 1 saturated heterocycles. The number of fused-ring (bicyclic) bond motifs is 2. The maximum Gasteiger partial charge on any atom is 0.410 e. The van der Waals surface area contributed by atoms with Crippen molar-refractivity contribution in [3.05, 3.63) is 71.3 Å². The smallest absolute Gasteiger partial charge is 0.410 e. The summed E-state index contributed by atoms with van der Waals surface area (Å²) in [6, 6.07) is 18.7. The van der Waals surface area contributed by atoms with E-state index >= 15 is 0 Å². The minimum absolute atomic E-state index is 0.0179. The van der Waals surface area contributed by atoms with Gasteiger partial charge in [-0.25, -0.2) is 13.2 Å². The van der Waals surface area contributed by atoms with Crippen LogP contribution in [0, 0.1) is 11.3 Å². The Morgan fingerprint density at radius 3 is 2.56 bits per heavy atom. The summed E-state index contributed by atoms with van der Waals surface area (Å²) in [5.41, 5.74) is 2.42. The van der Waals surface area contributed by atoms with Crippen molar-refractivity contribution in [3.63, 3.8) is 0 Å². The van der Waals surface area contributed by atoms with Gasteiger partial charge in [-0.3, -0.25) is 4.31 Å². The number of anilines is 1. The SMILES string of the molecule is CCS(=O)(=O)N1c2ccc(OC3CCN(C(=O)OC(C)(C)C)C3)cc2CC1c1ccc2ccc(C#N)cc2c1. The fraction of sp³-hybridized carbons (Fsp3) is 0.400. The van der Waals surface area contributed by atoms with E-state index in [2.05, 4.69) is 6.07 Å². The summed E-state index contributed by atoms with van der Waals surface area (Å²) in [4.78, 5) is 14.1. The number of ether oxygens (including phenoxy) is 2. The number of hydrogen-bond donors (Lipinski definition) is 0. The molecule has 3 aromatic rings. The molecule has 0 spiro atoms. The van der Waals surface area contributed by atoms with Gasteiger partial charge in [0.25, 0.3) is 0 Å². The fourth-order valence-corrected chi connectivity index (χ4v) is 6.60. The van der Waals surface area contributed by atoms with Crippen molar-refractivity contribution < 1.29 is 22.7 Å². The highest BCUT2D eigenvalue weighted by Gasteiger charge is 2.38. The number of amides is 1. The standard InChI is InChI=1S/C30H33N3O5S/c1-5-39(35,36)33-27-11-10-25(37-26-12-13-32(19-26)29(34)38-30(2,3)4)16-24(27)17-28(33)22-9-8-21-7-6-20(18-31)14-23(21)15-22/h6-11,14-16,26,28H,5,12-13,17,19H2,1-4H3. The lowest BCUT2D eigenvalue weighted by Crippen LogP contribution is -2.36. The lowest BCUT2D eigenvalue weighted by atomic mass is 9.98. The zero-order chi connectivity index (χ0) is 27.9. The number of nitrogens with zero attached hydrogens (tertiary/aromatic N) is 3. The Bertz CT molecular complexity index is 1570. The highest BCUT2D eigenvalue weighted by atomic mass is 32.2. The second-order valence-corrected chi connectivity index (χ2v) is 13.2. The van der Waals surface area contributed by atoms with Gasteiger partial charge in [0.05, 0.1) is 35.7 Å². The van der Waals surface area contributed by atoms with Crippen LogP contribution in [0.3, 0.4) is 0 Å². The highest BCUT2D eigenvalue weighted by molar-refractivity contribution is 7.92. The van der Waals surface area contributed by atoms with Gasteiger partial charge in [0.1, 0.15) is 17.5 Å². The second-order valence-electron chi connectivity index (χ2n) is 11.1. The van der Waals surface area contributed by atoms with Crippen LogP contribution in [-0.2, 0) is 21.2 Å². The van der Waals surface area contributed by atoms with Crippen LogP contribution in [0.5, 0.6) is 5.75 Å². The first-order valence-corrected chi connectivity index (χ1v) is 14.8. The van der Waals surface area contributed by atoms with Gasteiger partial charge < -0.3 is 14.4 Å². The molecule has 1 fully saturated rings. The van der Waals surface area contributed by atoms with Crippen molar-refractivity contribution in [1.29, 1.82) is 5.26 Å².